The number of piperidine rings is 1. The Morgan fingerprint density at radius 2 is 1.94 bits per heavy atom. The number of fused-ring (bicyclic) bond motifs is 4. The summed E-state index contributed by atoms with van der Waals surface area (Å²) < 4.78 is 28.4. The van der Waals surface area contributed by atoms with Crippen molar-refractivity contribution in [3.05, 3.63) is 92.8 Å². The molecule has 0 spiro atoms. The quantitative estimate of drug-likeness (QED) is 0.424. The Balaban J connectivity index is 1.50. The minimum absolute atomic E-state index is 0.0978. The van der Waals surface area contributed by atoms with Gasteiger partial charge in [-0.15, -0.1) is 0 Å². The van der Waals surface area contributed by atoms with Gasteiger partial charge in [-0.05, 0) is 61.1 Å². The summed E-state index contributed by atoms with van der Waals surface area (Å²) in [6, 6.07) is 9.20. The van der Waals surface area contributed by atoms with Gasteiger partial charge in [0.05, 0.1) is 16.7 Å². The predicted octanol–water partition coefficient (Wildman–Crippen LogP) is 4.63. The summed E-state index contributed by atoms with van der Waals surface area (Å²) in [4.78, 5) is 29.4. The van der Waals surface area contributed by atoms with E-state index in [2.05, 4.69) is 10.3 Å². The van der Waals surface area contributed by atoms with Gasteiger partial charge in [0.2, 0.25) is 0 Å². The summed E-state index contributed by atoms with van der Waals surface area (Å²) in [5, 5.41) is 19.1. The van der Waals surface area contributed by atoms with Crippen LogP contribution in [0.25, 0.3) is 10.9 Å². The van der Waals surface area contributed by atoms with Crippen molar-refractivity contribution >= 4 is 22.5 Å². The summed E-state index contributed by atoms with van der Waals surface area (Å²) in [7, 11) is 1.71. The van der Waals surface area contributed by atoms with Crippen molar-refractivity contribution in [2.75, 3.05) is 7.05 Å². The molecule has 36 heavy (non-hydrogen) atoms. The molecule has 1 N–H and O–H groups in total. The molecular weight excluding hydrogens is 468 g/mol. The van der Waals surface area contributed by atoms with Crippen molar-refractivity contribution < 1.29 is 18.5 Å². The number of likely N-dealkylation sites (N-methyl/N-ethyl adjacent to an activating group) is 1. The third-order valence-corrected chi connectivity index (χ3v) is 7.38. The van der Waals surface area contributed by atoms with Crippen molar-refractivity contribution in [3.8, 4) is 0 Å². The number of nitrogens with one attached hydrogen (secondary N) is 1. The summed E-state index contributed by atoms with van der Waals surface area (Å²) in [6.45, 7) is 0. The van der Waals surface area contributed by atoms with Gasteiger partial charge in [0.15, 0.2) is 0 Å². The average molecular weight is 491 g/mol. The smallest absolute Gasteiger partial charge is 0.296 e. The highest BCUT2D eigenvalue weighted by atomic mass is 19.1. The van der Waals surface area contributed by atoms with Crippen molar-refractivity contribution in [2.24, 2.45) is 0 Å². The Bertz CT molecular complexity index is 1440. The van der Waals surface area contributed by atoms with Gasteiger partial charge in [-0.1, -0.05) is 6.07 Å². The van der Waals surface area contributed by atoms with E-state index in [1.807, 2.05) is 0 Å². The van der Waals surface area contributed by atoms with E-state index in [1.165, 1.54) is 29.4 Å². The second-order valence-corrected chi connectivity index (χ2v) is 9.59. The molecule has 1 aromatic heterocycles. The highest BCUT2D eigenvalue weighted by Gasteiger charge is 2.48. The van der Waals surface area contributed by atoms with E-state index in [1.54, 1.807) is 30.3 Å². The van der Waals surface area contributed by atoms with Crippen LogP contribution in [0.2, 0.25) is 0 Å². The zero-order valence-electron chi connectivity index (χ0n) is 19.4. The highest BCUT2D eigenvalue weighted by Crippen LogP contribution is 2.47. The van der Waals surface area contributed by atoms with Crippen LogP contribution < -0.4 is 5.32 Å². The lowest BCUT2D eigenvalue weighted by Gasteiger charge is -2.39. The van der Waals surface area contributed by atoms with Gasteiger partial charge in [0, 0.05) is 48.4 Å². The van der Waals surface area contributed by atoms with Gasteiger partial charge >= 0.3 is 0 Å². The summed E-state index contributed by atoms with van der Waals surface area (Å²) in [6.07, 6.45) is 4.91. The van der Waals surface area contributed by atoms with Gasteiger partial charge in [0.25, 0.3) is 11.6 Å². The molecule has 3 atom stereocenters. The van der Waals surface area contributed by atoms with E-state index >= 15 is 0 Å². The molecule has 1 fully saturated rings. The summed E-state index contributed by atoms with van der Waals surface area (Å²) in [5.41, 5.74) is 2.23. The number of hydrazine groups is 1. The number of non-ortho nitro benzene ring substituents is 1. The molecule has 2 aromatic carbocycles. The third kappa shape index (κ3) is 3.56. The fraction of sp³-hybridized carbons (Fsp3) is 0.308. The second-order valence-electron chi connectivity index (χ2n) is 9.59. The molecule has 4 heterocycles. The zero-order valence-corrected chi connectivity index (χ0v) is 19.4. The number of carbonyl (C=O) groups is 1. The van der Waals surface area contributed by atoms with E-state index in [-0.39, 0.29) is 28.9 Å². The third-order valence-electron chi connectivity index (χ3n) is 7.38. The number of nitro benzene ring substituents is 1. The second kappa shape index (κ2) is 8.42. The first-order valence-corrected chi connectivity index (χ1v) is 11.9. The summed E-state index contributed by atoms with van der Waals surface area (Å²) >= 11 is 0. The molecule has 1 amide bonds. The number of halogens is 2. The van der Waals surface area contributed by atoms with Crippen LogP contribution >= 0.6 is 0 Å². The minimum Gasteiger partial charge on any atom is -0.306 e. The normalized spacial score (nSPS) is 23.8. The number of nitro groups is 1. The number of hydrogen-bond acceptors (Lipinski definition) is 6. The van der Waals surface area contributed by atoms with E-state index in [9.17, 15) is 23.7 Å². The molecule has 6 rings (SSSR count). The molecule has 3 aromatic rings. The van der Waals surface area contributed by atoms with E-state index in [4.69, 9.17) is 0 Å². The minimum atomic E-state index is -0.683. The number of amides is 1. The van der Waals surface area contributed by atoms with Gasteiger partial charge in [0.1, 0.15) is 17.2 Å². The largest absolute Gasteiger partial charge is 0.306 e. The molecule has 1 saturated heterocycles. The maximum atomic E-state index is 14.2. The van der Waals surface area contributed by atoms with Crippen LogP contribution in [0.5, 0.6) is 0 Å². The topological polar surface area (TPSA) is 91.6 Å². The van der Waals surface area contributed by atoms with Crippen molar-refractivity contribution in [1.29, 1.82) is 0 Å². The molecule has 10 heteroatoms. The molecule has 3 aliphatic rings. The molecular formula is C26H23F2N5O3. The monoisotopic (exact) mass is 491 g/mol. The number of pyridine rings is 1. The molecule has 0 saturated carbocycles. The molecule has 3 aliphatic heterocycles. The first kappa shape index (κ1) is 22.7. The first-order chi connectivity index (χ1) is 17.3. The van der Waals surface area contributed by atoms with Crippen LogP contribution in [0.1, 0.15) is 47.6 Å². The Hall–Kier alpha value is -3.76. The number of aromatic nitrogens is 1. The SMILES string of the molecule is CN1C(c2cc(F)cc(F)c2)C2=C([C@@H]3CCC[C@H](C2)N3)N1C(=O)c1cc([N+](=O)[O-])c2ncccc2c1. The van der Waals surface area contributed by atoms with Gasteiger partial charge in [-0.2, -0.15) is 0 Å². The fourth-order valence-corrected chi connectivity index (χ4v) is 6.00. The number of benzene rings is 2. The van der Waals surface area contributed by atoms with Crippen molar-refractivity contribution in [3.63, 3.8) is 0 Å². The number of nitrogens with zero attached hydrogens (tertiary/aromatic N) is 4. The van der Waals surface area contributed by atoms with Crippen molar-refractivity contribution in [2.45, 2.75) is 43.8 Å². The molecule has 2 bridgehead atoms. The maximum Gasteiger partial charge on any atom is 0.296 e. The van der Waals surface area contributed by atoms with Gasteiger partial charge < -0.3 is 5.32 Å². The lowest BCUT2D eigenvalue weighted by molar-refractivity contribution is -0.383. The lowest BCUT2D eigenvalue weighted by Crippen LogP contribution is -2.51. The van der Waals surface area contributed by atoms with E-state index in [0.29, 0.717) is 17.4 Å². The molecule has 184 valence electrons. The van der Waals surface area contributed by atoms with Gasteiger partial charge in [-0.25, -0.2) is 23.8 Å². The lowest BCUT2D eigenvalue weighted by atomic mass is 9.81. The van der Waals surface area contributed by atoms with Gasteiger partial charge in [-0.3, -0.25) is 14.9 Å². The van der Waals surface area contributed by atoms with Crippen LogP contribution in [-0.2, 0) is 0 Å². The number of rotatable bonds is 3. The maximum absolute atomic E-state index is 14.2. The molecule has 1 unspecified atom stereocenters. The van der Waals surface area contributed by atoms with Crippen LogP contribution in [0.4, 0.5) is 14.5 Å². The molecule has 0 aliphatic carbocycles. The van der Waals surface area contributed by atoms with Crippen molar-refractivity contribution in [1.82, 2.24) is 20.3 Å². The highest BCUT2D eigenvalue weighted by molar-refractivity contribution is 6.01. The first-order valence-electron chi connectivity index (χ1n) is 11.9. The average Bonchev–Trinajstić information content (AvgIpc) is 3.14. The molecule has 8 nitrogen and oxygen atoms in total. The summed E-state index contributed by atoms with van der Waals surface area (Å²) in [5.74, 6) is -1.81. The van der Waals surface area contributed by atoms with Crippen LogP contribution in [-0.4, -0.2) is 45.0 Å². The van der Waals surface area contributed by atoms with E-state index < -0.39 is 28.5 Å². The number of hydrogen-bond donors (Lipinski definition) is 1. The van der Waals surface area contributed by atoms with Crippen LogP contribution in [0, 0.1) is 21.7 Å². The Morgan fingerprint density at radius 1 is 1.17 bits per heavy atom. The van der Waals surface area contributed by atoms with E-state index in [0.717, 1.165) is 36.6 Å². The number of carbonyl (C=O) groups excluding carboxylic acids is 1. The fourth-order valence-electron chi connectivity index (χ4n) is 6.00. The van der Waals surface area contributed by atoms with Crippen LogP contribution in [0.15, 0.2) is 59.9 Å². The Kier molecular flexibility index (Phi) is 5.31. The van der Waals surface area contributed by atoms with Crippen LogP contribution in [0.3, 0.4) is 0 Å². The predicted molar refractivity (Wildman–Crippen MR) is 128 cm³/mol. The Labute approximate surface area is 205 Å². The standard InChI is InChI=1S/C26H23F2N5O3/c1-31-24(15-9-17(27)12-18(28)10-15)20-13-19-5-2-6-21(30-19)25(20)32(31)26(34)16-8-14-4-3-7-29-23(14)22(11-16)33(35)36/h3-4,7-12,19,21,24,30H,2,5-6,13H2,1H3/t19-,21+,24?/m1/s1. The zero-order chi connectivity index (χ0) is 25.1. The Morgan fingerprint density at radius 3 is 2.69 bits per heavy atom. The molecule has 0 radical (unpaired) electrons.